The summed E-state index contributed by atoms with van der Waals surface area (Å²) in [5.74, 6) is 0.537. The third-order valence-corrected chi connectivity index (χ3v) is 3.10. The van der Waals surface area contributed by atoms with E-state index in [-0.39, 0.29) is 0 Å². The van der Waals surface area contributed by atoms with Gasteiger partial charge in [-0.1, -0.05) is 36.0 Å². The molecule has 1 aromatic rings. The van der Waals surface area contributed by atoms with E-state index in [2.05, 4.69) is 16.6 Å². The predicted octanol–water partition coefficient (Wildman–Crippen LogP) is 4.21. The highest BCUT2D eigenvalue weighted by Gasteiger charge is 2.28. The number of rotatable bonds is 4. The Bertz CT molecular complexity index is 763. The standard InChI is InChI=1S/C16H16N4O2/c1-4-6-14-12(5-2)16(18-10(3)21)13-8-7-11(19-20-17)9-15(13)22-14/h4-9,16H,2H2,1,3H3,(H,18,21)/b6-4+/i/hT. The van der Waals surface area contributed by atoms with Crippen molar-refractivity contribution in [3.8, 4) is 5.75 Å². The zero-order valence-corrected chi connectivity index (χ0v) is 12.4. The van der Waals surface area contributed by atoms with Crippen molar-refractivity contribution in [2.75, 3.05) is 0 Å². The Morgan fingerprint density at radius 1 is 1.64 bits per heavy atom. The van der Waals surface area contributed by atoms with Gasteiger partial charge in [0.2, 0.25) is 5.91 Å². The van der Waals surface area contributed by atoms with E-state index in [1.165, 1.54) is 6.92 Å². The average Bonchev–Trinajstić information content (AvgIpc) is 2.53. The van der Waals surface area contributed by atoms with Crippen LogP contribution in [0.5, 0.6) is 5.75 Å². The molecule has 112 valence electrons. The number of amides is 1. The van der Waals surface area contributed by atoms with E-state index >= 15 is 0 Å². The van der Waals surface area contributed by atoms with Gasteiger partial charge in [-0.2, -0.15) is 0 Å². The first-order chi connectivity index (χ1) is 11.0. The summed E-state index contributed by atoms with van der Waals surface area (Å²) in [6.45, 7) is 6.93. The van der Waals surface area contributed by atoms with Gasteiger partial charge in [-0.25, -0.2) is 0 Å². The van der Waals surface area contributed by atoms with Gasteiger partial charge in [0.05, 0.1) is 6.04 Å². The van der Waals surface area contributed by atoms with E-state index < -0.39 is 11.9 Å². The van der Waals surface area contributed by atoms with Crippen LogP contribution in [0.25, 0.3) is 10.4 Å². The first-order valence-electron chi connectivity index (χ1n) is 7.13. The molecule has 1 aromatic carbocycles. The molecule has 0 radical (unpaired) electrons. The summed E-state index contributed by atoms with van der Waals surface area (Å²) in [5.41, 5.74) is 10.2. The lowest BCUT2D eigenvalue weighted by molar-refractivity contribution is -0.119. The summed E-state index contributed by atoms with van der Waals surface area (Å²) in [7, 11) is 0. The molecule has 0 aliphatic carbocycles. The monoisotopic (exact) mass is 298 g/mol. The lowest BCUT2D eigenvalue weighted by Gasteiger charge is -2.29. The Hall–Kier alpha value is -2.98. The molecular formula is C16H16N4O2. The predicted molar refractivity (Wildman–Crippen MR) is 84.5 cm³/mol. The first kappa shape index (κ1) is 14.0. The number of hydrogen-bond acceptors (Lipinski definition) is 3. The molecule has 0 bridgehead atoms. The van der Waals surface area contributed by atoms with Gasteiger partial charge in [0.1, 0.15) is 11.5 Å². The van der Waals surface area contributed by atoms with Crippen molar-refractivity contribution in [2.45, 2.75) is 19.9 Å². The number of carbonyl (C=O) groups is 1. The molecule has 1 N–H and O–H groups in total. The van der Waals surface area contributed by atoms with Gasteiger partial charge < -0.3 is 10.0 Å². The van der Waals surface area contributed by atoms with Crippen LogP contribution in [-0.2, 0) is 4.79 Å². The Balaban J connectivity index is 2.67. The minimum Gasteiger partial charge on any atom is -0.457 e. The molecule has 6 heteroatoms. The fourth-order valence-electron chi connectivity index (χ4n) is 2.25. The van der Waals surface area contributed by atoms with Crippen molar-refractivity contribution in [1.29, 1.82) is 0 Å². The van der Waals surface area contributed by atoms with Crippen LogP contribution in [0.2, 0.25) is 1.41 Å². The third kappa shape index (κ3) is 3.02. The zero-order valence-electron chi connectivity index (χ0n) is 13.4. The second kappa shape index (κ2) is 6.65. The van der Waals surface area contributed by atoms with Crippen LogP contribution in [0.15, 0.2) is 59.5 Å². The lowest BCUT2D eigenvalue weighted by atomic mass is 9.93. The number of allylic oxidation sites excluding steroid dienone is 2. The maximum atomic E-state index is 11.7. The number of benzene rings is 1. The zero-order chi connectivity index (χ0) is 17.0. The number of azide groups is 1. The lowest BCUT2D eigenvalue weighted by Crippen LogP contribution is -2.30. The molecular weight excluding hydrogens is 280 g/mol. The van der Waals surface area contributed by atoms with Crippen molar-refractivity contribution in [3.05, 3.63) is 70.3 Å². The molecule has 2 rings (SSSR count). The number of nitrogens with one attached hydrogen (secondary N) is 1. The molecule has 1 aliphatic heterocycles. The first-order valence-corrected chi connectivity index (χ1v) is 6.68. The molecule has 0 saturated carbocycles. The molecule has 1 unspecified atom stereocenters. The van der Waals surface area contributed by atoms with Crippen LogP contribution in [0.1, 0.15) is 25.5 Å². The average molecular weight is 298 g/mol. The van der Waals surface area contributed by atoms with Gasteiger partial charge >= 0.3 is 0 Å². The smallest absolute Gasteiger partial charge is 0.217 e. The van der Waals surface area contributed by atoms with Gasteiger partial charge in [-0.15, -0.1) is 0 Å². The van der Waals surface area contributed by atoms with Crippen LogP contribution in [0.4, 0.5) is 5.69 Å². The molecule has 6 nitrogen and oxygen atoms in total. The van der Waals surface area contributed by atoms with Crippen LogP contribution >= 0.6 is 0 Å². The summed E-state index contributed by atoms with van der Waals surface area (Å²) in [4.78, 5) is 14.5. The number of carbonyl (C=O) groups excluding carboxylic acids is 1. The van der Waals surface area contributed by atoms with Crippen molar-refractivity contribution in [1.82, 2.24) is 5.31 Å². The van der Waals surface area contributed by atoms with E-state index in [9.17, 15) is 4.79 Å². The van der Waals surface area contributed by atoms with E-state index in [4.69, 9.17) is 11.7 Å². The van der Waals surface area contributed by atoms with Gasteiger partial charge in [0, 0.05) is 28.7 Å². The Kier molecular flexibility index (Phi) is 4.22. The fourth-order valence-corrected chi connectivity index (χ4v) is 2.25. The molecule has 0 fully saturated rings. The SMILES string of the molecule is [3H]N(C(C)=O)C1C(C=C)=C(/C=C/C)Oc2cc(N=[N+]=[N-])ccc21. The highest BCUT2D eigenvalue weighted by molar-refractivity contribution is 5.75. The highest BCUT2D eigenvalue weighted by atomic mass is 16.5. The second-order valence-corrected chi connectivity index (χ2v) is 4.59. The Labute approximate surface area is 129 Å². The van der Waals surface area contributed by atoms with Gasteiger partial charge in [-0.3, -0.25) is 4.79 Å². The molecule has 0 aromatic heterocycles. The summed E-state index contributed by atoms with van der Waals surface area (Å²) >= 11 is 0. The van der Waals surface area contributed by atoms with Crippen LogP contribution in [-0.4, -0.2) is 5.91 Å². The highest BCUT2D eigenvalue weighted by Crippen LogP contribution is 2.40. The molecule has 22 heavy (non-hydrogen) atoms. The quantitative estimate of drug-likeness (QED) is 0.512. The molecule has 1 atom stereocenters. The summed E-state index contributed by atoms with van der Waals surface area (Å²) < 4.78 is 13.9. The molecule has 0 spiro atoms. The largest absolute Gasteiger partial charge is 0.457 e. The Morgan fingerprint density at radius 3 is 3.00 bits per heavy atom. The molecule has 1 heterocycles. The van der Waals surface area contributed by atoms with Crippen molar-refractivity contribution < 1.29 is 10.9 Å². The van der Waals surface area contributed by atoms with Crippen molar-refractivity contribution in [2.24, 2.45) is 5.11 Å². The van der Waals surface area contributed by atoms with E-state index in [1.54, 1.807) is 36.4 Å². The van der Waals surface area contributed by atoms with Crippen LogP contribution < -0.4 is 10.0 Å². The summed E-state index contributed by atoms with van der Waals surface area (Å²) in [6.07, 6.45) is 5.11. The van der Waals surface area contributed by atoms with Gasteiger partial charge in [-0.05, 0) is 24.6 Å². The van der Waals surface area contributed by atoms with Gasteiger partial charge in [0.15, 0.2) is 1.41 Å². The summed E-state index contributed by atoms with van der Waals surface area (Å²) in [5, 5.41) is 4.43. The normalized spacial score (nSPS) is 17.2. The third-order valence-electron chi connectivity index (χ3n) is 3.10. The van der Waals surface area contributed by atoms with E-state index in [0.717, 1.165) is 5.31 Å². The number of ether oxygens (including phenoxy) is 1. The minimum absolute atomic E-state index is 0.395. The molecule has 1 aliphatic rings. The van der Waals surface area contributed by atoms with Crippen LogP contribution in [0.3, 0.4) is 0 Å². The summed E-state index contributed by atoms with van der Waals surface area (Å²) in [6, 6.07) is 4.24. The fraction of sp³-hybridized carbons (Fsp3) is 0.188. The van der Waals surface area contributed by atoms with E-state index in [1.807, 2.05) is 6.92 Å². The number of fused-ring (bicyclic) bond motifs is 1. The van der Waals surface area contributed by atoms with Gasteiger partial charge in [0.25, 0.3) is 0 Å². The maximum Gasteiger partial charge on any atom is 0.217 e. The molecule has 1 amide bonds. The maximum absolute atomic E-state index is 11.7. The second-order valence-electron chi connectivity index (χ2n) is 4.59. The van der Waals surface area contributed by atoms with Crippen molar-refractivity contribution >= 4 is 11.6 Å². The minimum atomic E-state index is -0.639. The van der Waals surface area contributed by atoms with E-state index in [0.29, 0.717) is 28.3 Å². The van der Waals surface area contributed by atoms with Crippen molar-refractivity contribution in [3.63, 3.8) is 0 Å². The Morgan fingerprint density at radius 2 is 2.41 bits per heavy atom. The number of hydrogen-bond donors (Lipinski definition) is 1. The van der Waals surface area contributed by atoms with Crippen LogP contribution in [0, 0.1) is 0 Å². The molecule has 0 saturated heterocycles. The number of nitrogens with zero attached hydrogens (tertiary/aromatic N) is 3. The topological polar surface area (TPSA) is 87.1 Å².